The molecule has 1 aromatic carbocycles. The summed E-state index contributed by atoms with van der Waals surface area (Å²) in [7, 11) is 0. The molecule has 1 saturated carbocycles. The molecule has 1 fully saturated rings. The van der Waals surface area contributed by atoms with Crippen molar-refractivity contribution in [2.75, 3.05) is 5.32 Å². The summed E-state index contributed by atoms with van der Waals surface area (Å²) >= 11 is 0. The molecule has 0 aliphatic heterocycles. The van der Waals surface area contributed by atoms with E-state index in [2.05, 4.69) is 5.32 Å². The first-order chi connectivity index (χ1) is 9.89. The van der Waals surface area contributed by atoms with E-state index in [1.807, 2.05) is 6.07 Å². The standard InChI is InChI=1S/C15H15F3N2O/c16-15(17,18)11-6-2-3-7-12(11)20-13(21)14(10-19)8-4-1-5-9-14/h2-3,6-7H,1,4-5,8-9H2,(H,20,21). The Morgan fingerprint density at radius 1 is 1.19 bits per heavy atom. The van der Waals surface area contributed by atoms with Crippen LogP contribution in [0.1, 0.15) is 37.7 Å². The minimum absolute atomic E-state index is 0.296. The van der Waals surface area contributed by atoms with E-state index >= 15 is 0 Å². The van der Waals surface area contributed by atoms with Crippen LogP contribution in [-0.2, 0) is 11.0 Å². The molecule has 0 heterocycles. The van der Waals surface area contributed by atoms with Crippen molar-refractivity contribution in [2.24, 2.45) is 5.41 Å². The maximum absolute atomic E-state index is 12.9. The first-order valence-corrected chi connectivity index (χ1v) is 6.78. The Balaban J connectivity index is 2.26. The predicted molar refractivity (Wildman–Crippen MR) is 71.2 cm³/mol. The number of anilines is 1. The van der Waals surface area contributed by atoms with Gasteiger partial charge in [0.15, 0.2) is 0 Å². The van der Waals surface area contributed by atoms with Gasteiger partial charge in [-0.1, -0.05) is 31.4 Å². The highest BCUT2D eigenvalue weighted by Crippen LogP contribution is 2.39. The van der Waals surface area contributed by atoms with Crippen LogP contribution in [0, 0.1) is 16.7 Å². The fraction of sp³-hybridized carbons (Fsp3) is 0.467. The molecule has 1 aliphatic carbocycles. The van der Waals surface area contributed by atoms with E-state index in [-0.39, 0.29) is 5.69 Å². The number of carbonyl (C=O) groups is 1. The molecule has 3 nitrogen and oxygen atoms in total. The second kappa shape index (κ2) is 5.76. The summed E-state index contributed by atoms with van der Waals surface area (Å²) in [4.78, 5) is 12.3. The third-order valence-corrected chi connectivity index (χ3v) is 3.84. The van der Waals surface area contributed by atoms with Crippen molar-refractivity contribution in [2.45, 2.75) is 38.3 Å². The van der Waals surface area contributed by atoms with Crippen molar-refractivity contribution < 1.29 is 18.0 Å². The number of nitrogens with one attached hydrogen (secondary N) is 1. The van der Waals surface area contributed by atoms with Gasteiger partial charge >= 0.3 is 6.18 Å². The molecule has 0 spiro atoms. The summed E-state index contributed by atoms with van der Waals surface area (Å²) in [5, 5.41) is 11.6. The number of nitrogens with zero attached hydrogens (tertiary/aromatic N) is 1. The second-order valence-corrected chi connectivity index (χ2v) is 5.25. The van der Waals surface area contributed by atoms with Crippen molar-refractivity contribution in [1.29, 1.82) is 5.26 Å². The summed E-state index contributed by atoms with van der Waals surface area (Å²) in [5.41, 5.74) is -2.41. The number of halogens is 3. The molecule has 1 N–H and O–H groups in total. The maximum atomic E-state index is 12.9. The third kappa shape index (κ3) is 3.18. The molecule has 6 heteroatoms. The lowest BCUT2D eigenvalue weighted by molar-refractivity contribution is -0.137. The van der Waals surface area contributed by atoms with Crippen LogP contribution in [0.3, 0.4) is 0 Å². The molecular weight excluding hydrogens is 281 g/mol. The van der Waals surface area contributed by atoms with Gasteiger partial charge in [0.1, 0.15) is 5.41 Å². The SMILES string of the molecule is N#CC1(C(=O)Nc2ccccc2C(F)(F)F)CCCCC1. The molecule has 0 saturated heterocycles. The molecule has 1 aliphatic rings. The third-order valence-electron chi connectivity index (χ3n) is 3.84. The fourth-order valence-corrected chi connectivity index (χ4v) is 2.63. The quantitative estimate of drug-likeness (QED) is 0.892. The summed E-state index contributed by atoms with van der Waals surface area (Å²) in [5.74, 6) is -0.638. The monoisotopic (exact) mass is 296 g/mol. The molecular formula is C15H15F3N2O. The number of hydrogen-bond donors (Lipinski definition) is 1. The van der Waals surface area contributed by atoms with Crippen molar-refractivity contribution in [3.63, 3.8) is 0 Å². The average molecular weight is 296 g/mol. The van der Waals surface area contributed by atoms with Gasteiger partial charge in [-0.3, -0.25) is 4.79 Å². The van der Waals surface area contributed by atoms with Crippen LogP contribution in [0.15, 0.2) is 24.3 Å². The van der Waals surface area contributed by atoms with E-state index in [1.54, 1.807) is 0 Å². The van der Waals surface area contributed by atoms with Gasteiger partial charge < -0.3 is 5.32 Å². The highest BCUT2D eigenvalue weighted by molar-refractivity contribution is 5.97. The van der Waals surface area contributed by atoms with Crippen molar-refractivity contribution in [3.8, 4) is 6.07 Å². The van der Waals surface area contributed by atoms with E-state index in [9.17, 15) is 23.2 Å². The molecule has 21 heavy (non-hydrogen) atoms. The number of rotatable bonds is 2. The highest BCUT2D eigenvalue weighted by Gasteiger charge is 2.41. The minimum atomic E-state index is -4.55. The molecule has 0 atom stereocenters. The van der Waals surface area contributed by atoms with Crippen LogP contribution in [0.2, 0.25) is 0 Å². The number of hydrogen-bond acceptors (Lipinski definition) is 2. The van der Waals surface area contributed by atoms with E-state index in [1.165, 1.54) is 18.2 Å². The van der Waals surface area contributed by atoms with Crippen molar-refractivity contribution >= 4 is 11.6 Å². The number of amides is 1. The topological polar surface area (TPSA) is 52.9 Å². The van der Waals surface area contributed by atoms with Gasteiger partial charge in [-0.15, -0.1) is 0 Å². The van der Waals surface area contributed by atoms with Crippen LogP contribution in [0.5, 0.6) is 0 Å². The molecule has 112 valence electrons. The molecule has 0 bridgehead atoms. The first-order valence-electron chi connectivity index (χ1n) is 6.78. The Morgan fingerprint density at radius 2 is 1.81 bits per heavy atom. The van der Waals surface area contributed by atoms with E-state index < -0.39 is 23.1 Å². The zero-order valence-corrected chi connectivity index (χ0v) is 11.3. The Morgan fingerprint density at radius 3 is 2.38 bits per heavy atom. The lowest BCUT2D eigenvalue weighted by Gasteiger charge is -2.29. The van der Waals surface area contributed by atoms with Crippen LogP contribution in [-0.4, -0.2) is 5.91 Å². The Bertz CT molecular complexity index is 569. The van der Waals surface area contributed by atoms with Crippen molar-refractivity contribution in [1.82, 2.24) is 0 Å². The molecule has 2 rings (SSSR count). The summed E-state index contributed by atoms with van der Waals surface area (Å²) < 4.78 is 38.7. The summed E-state index contributed by atoms with van der Waals surface area (Å²) in [6, 6.07) is 6.80. The molecule has 0 aromatic heterocycles. The normalized spacial score (nSPS) is 17.8. The van der Waals surface area contributed by atoms with Gasteiger partial charge in [0.25, 0.3) is 0 Å². The van der Waals surface area contributed by atoms with Gasteiger partial charge in [0.2, 0.25) is 5.91 Å². The first kappa shape index (κ1) is 15.4. The molecule has 1 amide bonds. The van der Waals surface area contributed by atoms with Gasteiger partial charge in [-0.05, 0) is 25.0 Å². The predicted octanol–water partition coefficient (Wildman–Crippen LogP) is 4.12. The average Bonchev–Trinajstić information content (AvgIpc) is 2.47. The highest BCUT2D eigenvalue weighted by atomic mass is 19.4. The Labute approximate surface area is 120 Å². The maximum Gasteiger partial charge on any atom is 0.418 e. The second-order valence-electron chi connectivity index (χ2n) is 5.25. The molecule has 1 aromatic rings. The van der Waals surface area contributed by atoms with Gasteiger partial charge in [0, 0.05) is 0 Å². The summed E-state index contributed by atoms with van der Waals surface area (Å²) in [6.45, 7) is 0. The Hall–Kier alpha value is -2.03. The largest absolute Gasteiger partial charge is 0.418 e. The molecule has 0 unspecified atom stereocenters. The lowest BCUT2D eigenvalue weighted by atomic mass is 9.74. The lowest BCUT2D eigenvalue weighted by Crippen LogP contribution is -2.37. The van der Waals surface area contributed by atoms with Gasteiger partial charge in [-0.2, -0.15) is 18.4 Å². The minimum Gasteiger partial charge on any atom is -0.324 e. The van der Waals surface area contributed by atoms with Gasteiger partial charge in [0.05, 0.1) is 17.3 Å². The molecule has 0 radical (unpaired) electrons. The number of nitriles is 1. The fourth-order valence-electron chi connectivity index (χ4n) is 2.63. The van der Waals surface area contributed by atoms with E-state index in [0.29, 0.717) is 12.8 Å². The smallest absolute Gasteiger partial charge is 0.324 e. The van der Waals surface area contributed by atoms with Crippen LogP contribution >= 0.6 is 0 Å². The number of benzene rings is 1. The van der Waals surface area contributed by atoms with E-state index in [4.69, 9.17) is 0 Å². The Kier molecular flexibility index (Phi) is 4.21. The van der Waals surface area contributed by atoms with E-state index in [0.717, 1.165) is 25.3 Å². The summed E-state index contributed by atoms with van der Waals surface area (Å²) in [6.07, 6.45) is -1.34. The number of para-hydroxylation sites is 1. The number of alkyl halides is 3. The zero-order chi connectivity index (χ0) is 15.5. The van der Waals surface area contributed by atoms with Gasteiger partial charge in [-0.25, -0.2) is 0 Å². The van der Waals surface area contributed by atoms with Crippen molar-refractivity contribution in [3.05, 3.63) is 29.8 Å². The number of carbonyl (C=O) groups excluding carboxylic acids is 1. The van der Waals surface area contributed by atoms with Crippen LogP contribution in [0.25, 0.3) is 0 Å². The zero-order valence-electron chi connectivity index (χ0n) is 11.3. The van der Waals surface area contributed by atoms with Crippen LogP contribution in [0.4, 0.5) is 18.9 Å². The van der Waals surface area contributed by atoms with Crippen LogP contribution < -0.4 is 5.32 Å².